The molecule has 1 aromatic heterocycles. The van der Waals surface area contributed by atoms with Crippen LogP contribution in [0.5, 0.6) is 0 Å². The van der Waals surface area contributed by atoms with E-state index in [-0.39, 0.29) is 0 Å². The molecule has 0 bridgehead atoms. The molecule has 2 aromatic rings. The smallest absolute Gasteiger partial charge is 0.135 e. The highest BCUT2D eigenvalue weighted by Gasteiger charge is 2.17. The number of rotatable bonds is 4. The number of aromatic nitrogens is 2. The summed E-state index contributed by atoms with van der Waals surface area (Å²) >= 11 is 6.17. The lowest BCUT2D eigenvalue weighted by Crippen LogP contribution is -2.46. The van der Waals surface area contributed by atoms with Crippen LogP contribution in [0.1, 0.15) is 12.5 Å². The van der Waals surface area contributed by atoms with Gasteiger partial charge in [-0.05, 0) is 31.2 Å². The van der Waals surface area contributed by atoms with Gasteiger partial charge in [0, 0.05) is 43.0 Å². The summed E-state index contributed by atoms with van der Waals surface area (Å²) in [4.78, 5) is 13.5. The van der Waals surface area contributed by atoms with E-state index in [0.717, 1.165) is 60.6 Å². The molecule has 0 atom stereocenters. The molecule has 2 heterocycles. The lowest BCUT2D eigenvalue weighted by Gasteiger charge is -2.34. The van der Waals surface area contributed by atoms with E-state index in [9.17, 15) is 0 Å². The van der Waals surface area contributed by atoms with Crippen molar-refractivity contribution in [3.05, 3.63) is 41.2 Å². The molecule has 6 heteroatoms. The van der Waals surface area contributed by atoms with Gasteiger partial charge in [-0.3, -0.25) is 0 Å². The molecule has 0 unspecified atom stereocenters. The summed E-state index contributed by atoms with van der Waals surface area (Å²) in [6.07, 6.45) is 1.61. The van der Waals surface area contributed by atoms with Crippen LogP contribution in [0.15, 0.2) is 30.6 Å². The molecular weight excluding hydrogens is 310 g/mol. The van der Waals surface area contributed by atoms with Gasteiger partial charge in [-0.2, -0.15) is 0 Å². The Kier molecular flexibility index (Phi) is 4.98. The zero-order valence-electron chi connectivity index (χ0n) is 13.6. The van der Waals surface area contributed by atoms with Crippen molar-refractivity contribution in [2.45, 2.75) is 13.8 Å². The number of hydrogen-bond donors (Lipinski definition) is 1. The van der Waals surface area contributed by atoms with Crippen molar-refractivity contribution in [1.29, 1.82) is 0 Å². The predicted octanol–water partition coefficient (Wildman–Crippen LogP) is 3.32. The highest BCUT2D eigenvalue weighted by molar-refractivity contribution is 6.31. The monoisotopic (exact) mass is 331 g/mol. The SMILES string of the molecule is CCN1CCN(c2cc(Nc3ccc(C)c(Cl)c3)ncn2)CC1. The minimum atomic E-state index is 0.750. The van der Waals surface area contributed by atoms with Crippen LogP contribution in [0.3, 0.4) is 0 Å². The molecule has 0 radical (unpaired) electrons. The number of anilines is 3. The molecule has 5 nitrogen and oxygen atoms in total. The highest BCUT2D eigenvalue weighted by Crippen LogP contribution is 2.24. The predicted molar refractivity (Wildman–Crippen MR) is 95.8 cm³/mol. The summed E-state index contributed by atoms with van der Waals surface area (Å²) in [5.74, 6) is 1.75. The summed E-state index contributed by atoms with van der Waals surface area (Å²) in [6.45, 7) is 9.47. The zero-order valence-corrected chi connectivity index (χ0v) is 14.3. The number of aryl methyl sites for hydroxylation is 1. The Morgan fingerprint density at radius 3 is 2.61 bits per heavy atom. The van der Waals surface area contributed by atoms with E-state index < -0.39 is 0 Å². The second-order valence-electron chi connectivity index (χ2n) is 5.77. The van der Waals surface area contributed by atoms with E-state index in [1.54, 1.807) is 6.33 Å². The minimum Gasteiger partial charge on any atom is -0.354 e. The first-order valence-electron chi connectivity index (χ1n) is 7.98. The molecule has 0 saturated carbocycles. The first-order chi connectivity index (χ1) is 11.2. The number of likely N-dealkylation sites (N-methyl/N-ethyl adjacent to an activating group) is 1. The number of piperazine rings is 1. The average molecular weight is 332 g/mol. The van der Waals surface area contributed by atoms with Crippen LogP contribution in [0.25, 0.3) is 0 Å². The van der Waals surface area contributed by atoms with Gasteiger partial charge in [-0.15, -0.1) is 0 Å². The molecule has 1 N–H and O–H groups in total. The van der Waals surface area contributed by atoms with Gasteiger partial charge in [-0.25, -0.2) is 9.97 Å². The van der Waals surface area contributed by atoms with Crippen molar-refractivity contribution in [3.63, 3.8) is 0 Å². The third-order valence-electron chi connectivity index (χ3n) is 4.24. The molecule has 1 aromatic carbocycles. The molecule has 1 fully saturated rings. The number of benzene rings is 1. The standard InChI is InChI=1S/C17H22ClN5/c1-3-22-6-8-23(9-7-22)17-11-16(19-12-20-17)21-14-5-4-13(2)15(18)10-14/h4-5,10-12H,3,6-9H2,1-2H3,(H,19,20,21). The Morgan fingerprint density at radius 2 is 1.91 bits per heavy atom. The van der Waals surface area contributed by atoms with Gasteiger partial charge in [0.1, 0.15) is 18.0 Å². The molecule has 1 aliphatic rings. The quantitative estimate of drug-likeness (QED) is 0.931. The summed E-state index contributed by atoms with van der Waals surface area (Å²) in [5.41, 5.74) is 2.00. The van der Waals surface area contributed by atoms with Crippen molar-refractivity contribution < 1.29 is 0 Å². The fraction of sp³-hybridized carbons (Fsp3) is 0.412. The first kappa shape index (κ1) is 16.0. The Bertz CT molecular complexity index is 668. The summed E-state index contributed by atoms with van der Waals surface area (Å²) in [5, 5.41) is 4.05. The summed E-state index contributed by atoms with van der Waals surface area (Å²) in [6, 6.07) is 7.91. The Balaban J connectivity index is 1.71. The van der Waals surface area contributed by atoms with Gasteiger partial charge in [0.25, 0.3) is 0 Å². The Hall–Kier alpha value is -1.85. The number of halogens is 1. The second kappa shape index (κ2) is 7.15. The maximum atomic E-state index is 6.17. The Morgan fingerprint density at radius 1 is 1.13 bits per heavy atom. The third kappa shape index (κ3) is 3.92. The number of hydrogen-bond acceptors (Lipinski definition) is 5. The van der Waals surface area contributed by atoms with Crippen LogP contribution in [0.2, 0.25) is 5.02 Å². The molecule has 1 aliphatic heterocycles. The van der Waals surface area contributed by atoms with Crippen LogP contribution >= 0.6 is 11.6 Å². The topological polar surface area (TPSA) is 44.3 Å². The molecule has 1 saturated heterocycles. The first-order valence-corrected chi connectivity index (χ1v) is 8.36. The minimum absolute atomic E-state index is 0.750. The highest BCUT2D eigenvalue weighted by atomic mass is 35.5. The number of nitrogens with zero attached hydrogens (tertiary/aromatic N) is 4. The van der Waals surface area contributed by atoms with Crippen LogP contribution in [0.4, 0.5) is 17.3 Å². The maximum Gasteiger partial charge on any atom is 0.135 e. The van der Waals surface area contributed by atoms with E-state index >= 15 is 0 Å². The van der Waals surface area contributed by atoms with Crippen molar-refractivity contribution in [1.82, 2.24) is 14.9 Å². The fourth-order valence-electron chi connectivity index (χ4n) is 2.70. The van der Waals surface area contributed by atoms with Gasteiger partial charge < -0.3 is 15.1 Å². The molecule has 3 rings (SSSR count). The zero-order chi connectivity index (χ0) is 16.2. The number of nitrogens with one attached hydrogen (secondary N) is 1. The van der Waals surface area contributed by atoms with Crippen molar-refractivity contribution >= 4 is 28.9 Å². The fourth-order valence-corrected chi connectivity index (χ4v) is 2.88. The van der Waals surface area contributed by atoms with Gasteiger partial charge in [0.05, 0.1) is 0 Å². The maximum absolute atomic E-state index is 6.17. The van der Waals surface area contributed by atoms with E-state index in [4.69, 9.17) is 11.6 Å². The van der Waals surface area contributed by atoms with Crippen molar-refractivity contribution in [2.24, 2.45) is 0 Å². The second-order valence-corrected chi connectivity index (χ2v) is 6.18. The van der Waals surface area contributed by atoms with E-state index in [1.807, 2.05) is 31.2 Å². The lowest BCUT2D eigenvalue weighted by atomic mass is 10.2. The third-order valence-corrected chi connectivity index (χ3v) is 4.65. The Labute approximate surface area is 142 Å². The van der Waals surface area contributed by atoms with E-state index in [0.29, 0.717) is 0 Å². The van der Waals surface area contributed by atoms with Crippen molar-refractivity contribution in [2.75, 3.05) is 42.9 Å². The molecule has 0 aliphatic carbocycles. The van der Waals surface area contributed by atoms with Crippen LogP contribution in [-0.2, 0) is 0 Å². The van der Waals surface area contributed by atoms with E-state index in [1.165, 1.54) is 0 Å². The largest absolute Gasteiger partial charge is 0.354 e. The molecule has 23 heavy (non-hydrogen) atoms. The lowest BCUT2D eigenvalue weighted by molar-refractivity contribution is 0.270. The van der Waals surface area contributed by atoms with Gasteiger partial charge in [0.2, 0.25) is 0 Å². The summed E-state index contributed by atoms with van der Waals surface area (Å²) < 4.78 is 0. The summed E-state index contributed by atoms with van der Waals surface area (Å²) in [7, 11) is 0. The van der Waals surface area contributed by atoms with Gasteiger partial charge >= 0.3 is 0 Å². The molecule has 122 valence electrons. The van der Waals surface area contributed by atoms with Crippen LogP contribution < -0.4 is 10.2 Å². The van der Waals surface area contributed by atoms with E-state index in [2.05, 4.69) is 32.0 Å². The average Bonchev–Trinajstić information content (AvgIpc) is 2.58. The molecular formula is C17H22ClN5. The molecule has 0 amide bonds. The van der Waals surface area contributed by atoms with Crippen LogP contribution in [0, 0.1) is 6.92 Å². The molecule has 0 spiro atoms. The van der Waals surface area contributed by atoms with Crippen LogP contribution in [-0.4, -0.2) is 47.6 Å². The van der Waals surface area contributed by atoms with Crippen molar-refractivity contribution in [3.8, 4) is 0 Å². The normalized spacial score (nSPS) is 15.7. The van der Waals surface area contributed by atoms with Gasteiger partial charge in [0.15, 0.2) is 0 Å². The van der Waals surface area contributed by atoms with Gasteiger partial charge in [-0.1, -0.05) is 24.6 Å².